The molecule has 3 aromatic rings. The number of fused-ring (bicyclic) bond motifs is 1. The molecular formula is C20H13Cl2IN4O2. The summed E-state index contributed by atoms with van der Waals surface area (Å²) in [6.45, 7) is 0. The van der Waals surface area contributed by atoms with Crippen LogP contribution in [0.4, 0.5) is 5.69 Å². The van der Waals surface area contributed by atoms with Gasteiger partial charge in [-0.1, -0.05) is 35.3 Å². The molecule has 2 N–H and O–H groups in total. The van der Waals surface area contributed by atoms with Crippen LogP contribution in [0.3, 0.4) is 0 Å². The SMILES string of the molecule is O=C(NN1C(=O)c2cc(I)ccc2NC1c1cccc(Cl)c1Cl)c1ccncc1. The summed E-state index contributed by atoms with van der Waals surface area (Å²) in [6.07, 6.45) is 2.27. The first-order chi connectivity index (χ1) is 14.0. The van der Waals surface area contributed by atoms with Crippen molar-refractivity contribution in [2.24, 2.45) is 0 Å². The van der Waals surface area contributed by atoms with Gasteiger partial charge in [0.2, 0.25) is 0 Å². The molecule has 0 fully saturated rings. The van der Waals surface area contributed by atoms with E-state index in [2.05, 4.69) is 38.3 Å². The zero-order valence-corrected chi connectivity index (χ0v) is 18.4. The fourth-order valence-electron chi connectivity index (χ4n) is 3.02. The maximum Gasteiger partial charge on any atom is 0.276 e. The molecule has 1 aliphatic heterocycles. The van der Waals surface area contributed by atoms with Gasteiger partial charge in [-0.2, -0.15) is 0 Å². The standard InChI is InChI=1S/C20H13Cl2IN4O2/c21-15-3-1-2-13(17(15)22)18-25-16-5-4-12(23)10-14(16)20(29)27(18)26-19(28)11-6-8-24-9-7-11/h1-10,18,25H,(H,26,28). The first kappa shape index (κ1) is 19.9. The summed E-state index contributed by atoms with van der Waals surface area (Å²) >= 11 is 14.7. The summed E-state index contributed by atoms with van der Waals surface area (Å²) < 4.78 is 0.899. The zero-order valence-electron chi connectivity index (χ0n) is 14.7. The lowest BCUT2D eigenvalue weighted by Gasteiger charge is -2.38. The van der Waals surface area contributed by atoms with Crippen molar-refractivity contribution in [1.29, 1.82) is 0 Å². The molecule has 2 aromatic carbocycles. The monoisotopic (exact) mass is 538 g/mol. The van der Waals surface area contributed by atoms with Crippen molar-refractivity contribution in [3.63, 3.8) is 0 Å². The Labute approximate surface area is 190 Å². The lowest BCUT2D eigenvalue weighted by atomic mass is 10.0. The Morgan fingerprint density at radius 2 is 1.90 bits per heavy atom. The Hall–Kier alpha value is -2.36. The van der Waals surface area contributed by atoms with Crippen LogP contribution in [0.15, 0.2) is 60.9 Å². The molecule has 0 radical (unpaired) electrons. The fourth-order valence-corrected chi connectivity index (χ4v) is 3.92. The second kappa shape index (κ2) is 8.17. The summed E-state index contributed by atoms with van der Waals surface area (Å²) in [4.78, 5) is 29.9. The molecule has 0 saturated heterocycles. The van der Waals surface area contributed by atoms with Crippen LogP contribution in [0.25, 0.3) is 0 Å². The number of nitrogens with zero attached hydrogens (tertiary/aromatic N) is 2. The molecule has 0 saturated carbocycles. The summed E-state index contributed by atoms with van der Waals surface area (Å²) in [5.74, 6) is -0.805. The van der Waals surface area contributed by atoms with Gasteiger partial charge in [-0.25, -0.2) is 5.01 Å². The van der Waals surface area contributed by atoms with Gasteiger partial charge >= 0.3 is 0 Å². The van der Waals surface area contributed by atoms with Crippen LogP contribution in [-0.2, 0) is 0 Å². The summed E-state index contributed by atoms with van der Waals surface area (Å²) in [6, 6.07) is 13.8. The molecule has 29 heavy (non-hydrogen) atoms. The van der Waals surface area contributed by atoms with Crippen molar-refractivity contribution in [3.8, 4) is 0 Å². The molecular weight excluding hydrogens is 526 g/mol. The first-order valence-corrected chi connectivity index (χ1v) is 10.3. The third-order valence-corrected chi connectivity index (χ3v) is 5.93. The molecule has 6 nitrogen and oxygen atoms in total. The van der Waals surface area contributed by atoms with Crippen LogP contribution in [-0.4, -0.2) is 21.8 Å². The highest BCUT2D eigenvalue weighted by atomic mass is 127. The highest BCUT2D eigenvalue weighted by Crippen LogP contribution is 2.37. The number of carbonyl (C=O) groups is 2. The number of hydrazine groups is 1. The van der Waals surface area contributed by atoms with Gasteiger partial charge in [0, 0.05) is 32.8 Å². The number of rotatable bonds is 3. The Balaban J connectivity index is 1.78. The quantitative estimate of drug-likeness (QED) is 0.465. The molecule has 2 heterocycles. The van der Waals surface area contributed by atoms with Gasteiger partial charge in [0.05, 0.1) is 15.6 Å². The fraction of sp³-hybridized carbons (Fsp3) is 0.0500. The minimum Gasteiger partial charge on any atom is -0.359 e. The third-order valence-electron chi connectivity index (χ3n) is 4.42. The van der Waals surface area contributed by atoms with E-state index in [4.69, 9.17) is 23.2 Å². The molecule has 1 aliphatic rings. The number of carbonyl (C=O) groups excluding carboxylic acids is 2. The number of hydrogen-bond acceptors (Lipinski definition) is 4. The van der Waals surface area contributed by atoms with Crippen LogP contribution < -0.4 is 10.7 Å². The van der Waals surface area contributed by atoms with Crippen LogP contribution >= 0.6 is 45.8 Å². The Bertz CT molecular complexity index is 1110. The number of amides is 2. The van der Waals surface area contributed by atoms with E-state index in [1.807, 2.05) is 12.1 Å². The second-order valence-electron chi connectivity index (χ2n) is 6.23. The maximum atomic E-state index is 13.3. The normalized spacial score (nSPS) is 15.5. The topological polar surface area (TPSA) is 74.3 Å². The van der Waals surface area contributed by atoms with E-state index in [1.54, 1.807) is 36.4 Å². The minimum atomic E-state index is -0.743. The number of nitrogens with one attached hydrogen (secondary N) is 2. The van der Waals surface area contributed by atoms with Crippen LogP contribution in [0.2, 0.25) is 10.0 Å². The van der Waals surface area contributed by atoms with Crippen LogP contribution in [0, 0.1) is 3.57 Å². The average Bonchev–Trinajstić information content (AvgIpc) is 2.73. The minimum absolute atomic E-state index is 0.302. The number of benzene rings is 2. The van der Waals surface area contributed by atoms with E-state index in [0.29, 0.717) is 32.4 Å². The van der Waals surface area contributed by atoms with E-state index in [0.717, 1.165) is 3.57 Å². The van der Waals surface area contributed by atoms with Crippen molar-refractivity contribution < 1.29 is 9.59 Å². The molecule has 4 rings (SSSR count). The van der Waals surface area contributed by atoms with E-state index >= 15 is 0 Å². The smallest absolute Gasteiger partial charge is 0.276 e. The number of hydrogen-bond donors (Lipinski definition) is 2. The maximum absolute atomic E-state index is 13.3. The zero-order chi connectivity index (χ0) is 20.5. The van der Waals surface area contributed by atoms with Crippen molar-refractivity contribution in [1.82, 2.24) is 15.4 Å². The number of pyridine rings is 1. The first-order valence-electron chi connectivity index (χ1n) is 8.50. The Morgan fingerprint density at radius 3 is 2.66 bits per heavy atom. The summed E-state index contributed by atoms with van der Waals surface area (Å²) in [5, 5.41) is 5.17. The van der Waals surface area contributed by atoms with Crippen LogP contribution in [0.5, 0.6) is 0 Å². The van der Waals surface area contributed by atoms with Gasteiger partial charge in [0.15, 0.2) is 0 Å². The van der Waals surface area contributed by atoms with Gasteiger partial charge in [-0.15, -0.1) is 0 Å². The molecule has 1 unspecified atom stereocenters. The van der Waals surface area contributed by atoms with Gasteiger partial charge in [0.1, 0.15) is 6.17 Å². The van der Waals surface area contributed by atoms with Crippen molar-refractivity contribution in [2.75, 3.05) is 5.32 Å². The van der Waals surface area contributed by atoms with Crippen molar-refractivity contribution in [2.45, 2.75) is 6.17 Å². The van der Waals surface area contributed by atoms with Crippen molar-refractivity contribution in [3.05, 3.63) is 91.2 Å². The lowest BCUT2D eigenvalue weighted by Crippen LogP contribution is -2.53. The molecule has 0 aliphatic carbocycles. The molecule has 146 valence electrons. The highest BCUT2D eigenvalue weighted by Gasteiger charge is 2.36. The molecule has 0 spiro atoms. The number of halogens is 3. The number of anilines is 1. The van der Waals surface area contributed by atoms with E-state index in [-0.39, 0.29) is 5.91 Å². The predicted molar refractivity (Wildman–Crippen MR) is 120 cm³/mol. The van der Waals surface area contributed by atoms with Gasteiger partial charge in [0.25, 0.3) is 11.8 Å². The van der Waals surface area contributed by atoms with Crippen LogP contribution in [0.1, 0.15) is 32.4 Å². The predicted octanol–water partition coefficient (Wildman–Crippen LogP) is 4.90. The second-order valence-corrected chi connectivity index (χ2v) is 8.26. The Morgan fingerprint density at radius 1 is 1.14 bits per heavy atom. The van der Waals surface area contributed by atoms with E-state index < -0.39 is 12.1 Å². The molecule has 2 amide bonds. The Kier molecular flexibility index (Phi) is 5.62. The lowest BCUT2D eigenvalue weighted by molar-refractivity contribution is 0.0491. The summed E-state index contributed by atoms with van der Waals surface area (Å²) in [7, 11) is 0. The van der Waals surface area contributed by atoms with Crippen molar-refractivity contribution >= 4 is 63.3 Å². The molecule has 9 heteroatoms. The third kappa shape index (κ3) is 3.90. The van der Waals surface area contributed by atoms with Gasteiger partial charge in [-0.3, -0.25) is 20.0 Å². The summed E-state index contributed by atoms with van der Waals surface area (Å²) in [5.41, 5.74) is 4.72. The highest BCUT2D eigenvalue weighted by molar-refractivity contribution is 14.1. The van der Waals surface area contributed by atoms with Gasteiger partial charge in [-0.05, 0) is 59.0 Å². The largest absolute Gasteiger partial charge is 0.359 e. The molecule has 1 atom stereocenters. The van der Waals surface area contributed by atoms with E-state index in [1.165, 1.54) is 17.4 Å². The average molecular weight is 539 g/mol. The van der Waals surface area contributed by atoms with E-state index in [9.17, 15) is 9.59 Å². The molecule has 1 aromatic heterocycles. The van der Waals surface area contributed by atoms with Gasteiger partial charge < -0.3 is 5.32 Å². The molecule has 0 bridgehead atoms. The number of aromatic nitrogens is 1.